The zero-order chi connectivity index (χ0) is 13.0. The number of hydrogen-bond donors (Lipinski definition) is 1. The summed E-state index contributed by atoms with van der Waals surface area (Å²) in [5.41, 5.74) is 8.40. The third-order valence-electron chi connectivity index (χ3n) is 2.93. The fourth-order valence-electron chi connectivity index (χ4n) is 2.18. The van der Waals surface area contributed by atoms with Crippen LogP contribution in [-0.4, -0.2) is 15.8 Å². The van der Waals surface area contributed by atoms with Crippen LogP contribution in [-0.2, 0) is 6.42 Å². The summed E-state index contributed by atoms with van der Waals surface area (Å²) in [5.74, 6) is 0.643. The van der Waals surface area contributed by atoms with E-state index in [0.29, 0.717) is 5.92 Å². The van der Waals surface area contributed by atoms with Gasteiger partial charge in [0.25, 0.3) is 0 Å². The summed E-state index contributed by atoms with van der Waals surface area (Å²) in [4.78, 5) is 0. The Hall–Kier alpha value is -1.61. The van der Waals surface area contributed by atoms with Gasteiger partial charge >= 0.3 is 0 Å². The van der Waals surface area contributed by atoms with E-state index in [4.69, 9.17) is 5.73 Å². The van der Waals surface area contributed by atoms with Crippen molar-refractivity contribution in [2.24, 2.45) is 11.7 Å². The zero-order valence-corrected chi connectivity index (χ0v) is 11.1. The van der Waals surface area contributed by atoms with E-state index in [1.54, 1.807) is 0 Å². The van der Waals surface area contributed by atoms with Crippen LogP contribution in [0.4, 0.5) is 0 Å². The summed E-state index contributed by atoms with van der Waals surface area (Å²) in [6.07, 6.45) is 5.92. The molecule has 3 nitrogen and oxygen atoms in total. The van der Waals surface area contributed by atoms with E-state index in [2.05, 4.69) is 25.1 Å². The molecule has 1 aromatic carbocycles. The monoisotopic (exact) mass is 243 g/mol. The van der Waals surface area contributed by atoms with E-state index >= 15 is 0 Å². The van der Waals surface area contributed by atoms with Gasteiger partial charge in [-0.25, -0.2) is 4.68 Å². The first-order valence-corrected chi connectivity index (χ1v) is 6.49. The van der Waals surface area contributed by atoms with Crippen molar-refractivity contribution in [2.75, 3.05) is 0 Å². The molecule has 1 atom stereocenters. The summed E-state index contributed by atoms with van der Waals surface area (Å²) in [6.45, 7) is 4.40. The Kier molecular flexibility index (Phi) is 4.15. The van der Waals surface area contributed by atoms with E-state index in [-0.39, 0.29) is 6.04 Å². The number of benzene rings is 1. The molecular weight excluding hydrogens is 222 g/mol. The van der Waals surface area contributed by atoms with Crippen molar-refractivity contribution in [1.82, 2.24) is 9.78 Å². The number of nitrogens with zero attached hydrogens (tertiary/aromatic N) is 2. The second-order valence-corrected chi connectivity index (χ2v) is 5.22. The Bertz CT molecular complexity index is 473. The predicted molar refractivity (Wildman–Crippen MR) is 74.7 cm³/mol. The fourth-order valence-corrected chi connectivity index (χ4v) is 2.18. The van der Waals surface area contributed by atoms with Crippen LogP contribution in [0.25, 0.3) is 5.69 Å². The molecule has 0 aliphatic rings. The molecule has 0 fully saturated rings. The molecule has 2 aromatic rings. The van der Waals surface area contributed by atoms with Gasteiger partial charge in [0.05, 0.1) is 11.9 Å². The van der Waals surface area contributed by atoms with Crippen molar-refractivity contribution in [2.45, 2.75) is 32.7 Å². The van der Waals surface area contributed by atoms with Crippen LogP contribution >= 0.6 is 0 Å². The van der Waals surface area contributed by atoms with Crippen molar-refractivity contribution in [1.29, 1.82) is 0 Å². The first-order valence-electron chi connectivity index (χ1n) is 6.49. The minimum atomic E-state index is 0.221. The van der Waals surface area contributed by atoms with E-state index < -0.39 is 0 Å². The van der Waals surface area contributed by atoms with Gasteiger partial charge < -0.3 is 5.73 Å². The number of hydrogen-bond acceptors (Lipinski definition) is 2. The van der Waals surface area contributed by atoms with E-state index in [0.717, 1.165) is 18.5 Å². The minimum Gasteiger partial charge on any atom is -0.327 e. The van der Waals surface area contributed by atoms with Crippen molar-refractivity contribution >= 4 is 0 Å². The molecule has 0 aliphatic carbocycles. The average Bonchev–Trinajstić information content (AvgIpc) is 2.77. The molecule has 3 heteroatoms. The van der Waals surface area contributed by atoms with Gasteiger partial charge in [0.15, 0.2) is 0 Å². The van der Waals surface area contributed by atoms with Crippen LogP contribution < -0.4 is 5.73 Å². The maximum atomic E-state index is 6.12. The lowest BCUT2D eigenvalue weighted by molar-refractivity contribution is 0.493. The topological polar surface area (TPSA) is 43.8 Å². The number of rotatable bonds is 5. The molecule has 18 heavy (non-hydrogen) atoms. The number of aromatic nitrogens is 2. The van der Waals surface area contributed by atoms with Crippen LogP contribution in [0.3, 0.4) is 0 Å². The first kappa shape index (κ1) is 12.8. The Morgan fingerprint density at radius 1 is 1.22 bits per heavy atom. The summed E-state index contributed by atoms with van der Waals surface area (Å²) < 4.78 is 1.90. The molecule has 0 saturated heterocycles. The van der Waals surface area contributed by atoms with E-state index in [1.165, 1.54) is 5.56 Å². The van der Waals surface area contributed by atoms with Crippen LogP contribution in [0, 0.1) is 5.92 Å². The highest BCUT2D eigenvalue weighted by molar-refractivity contribution is 5.31. The van der Waals surface area contributed by atoms with Crippen LogP contribution in [0.2, 0.25) is 0 Å². The maximum absolute atomic E-state index is 6.12. The molecular formula is C15H21N3. The minimum absolute atomic E-state index is 0.221. The van der Waals surface area contributed by atoms with Crippen LogP contribution in [0.5, 0.6) is 0 Å². The van der Waals surface area contributed by atoms with Gasteiger partial charge in [-0.2, -0.15) is 5.10 Å². The molecule has 0 aliphatic heterocycles. The molecule has 0 radical (unpaired) electrons. The summed E-state index contributed by atoms with van der Waals surface area (Å²) in [7, 11) is 0. The summed E-state index contributed by atoms with van der Waals surface area (Å²) >= 11 is 0. The van der Waals surface area contributed by atoms with Crippen molar-refractivity contribution in [3.05, 3.63) is 48.3 Å². The van der Waals surface area contributed by atoms with Gasteiger partial charge in [-0.3, -0.25) is 0 Å². The lowest BCUT2D eigenvalue weighted by atomic mass is 10.00. The molecule has 2 rings (SSSR count). The Balaban J connectivity index is 2.03. The number of nitrogens with two attached hydrogens (primary N) is 1. The first-order chi connectivity index (χ1) is 8.65. The zero-order valence-electron chi connectivity index (χ0n) is 11.1. The maximum Gasteiger partial charge on any atom is 0.0645 e. The van der Waals surface area contributed by atoms with Gasteiger partial charge in [0.2, 0.25) is 0 Å². The molecule has 0 amide bonds. The molecule has 1 aromatic heterocycles. The lowest BCUT2D eigenvalue weighted by Gasteiger charge is -2.12. The van der Waals surface area contributed by atoms with Crippen molar-refractivity contribution < 1.29 is 0 Å². The highest BCUT2D eigenvalue weighted by atomic mass is 15.3. The third kappa shape index (κ3) is 3.44. The van der Waals surface area contributed by atoms with Gasteiger partial charge in [0, 0.05) is 12.2 Å². The van der Waals surface area contributed by atoms with Gasteiger partial charge in [-0.05, 0) is 36.5 Å². The Morgan fingerprint density at radius 3 is 2.61 bits per heavy atom. The predicted octanol–water partition coefficient (Wildman–Crippen LogP) is 2.79. The highest BCUT2D eigenvalue weighted by Gasteiger charge is 2.08. The Morgan fingerprint density at radius 2 is 1.94 bits per heavy atom. The average molecular weight is 243 g/mol. The van der Waals surface area contributed by atoms with Gasteiger partial charge in [0.1, 0.15) is 0 Å². The third-order valence-corrected chi connectivity index (χ3v) is 2.93. The normalized spacial score (nSPS) is 12.9. The van der Waals surface area contributed by atoms with Crippen LogP contribution in [0.1, 0.15) is 25.8 Å². The van der Waals surface area contributed by atoms with Crippen molar-refractivity contribution in [3.63, 3.8) is 0 Å². The van der Waals surface area contributed by atoms with Crippen molar-refractivity contribution in [3.8, 4) is 5.69 Å². The highest BCUT2D eigenvalue weighted by Crippen LogP contribution is 2.11. The molecule has 96 valence electrons. The molecule has 2 N–H and O–H groups in total. The molecule has 1 unspecified atom stereocenters. The lowest BCUT2D eigenvalue weighted by Crippen LogP contribution is -2.24. The van der Waals surface area contributed by atoms with Crippen LogP contribution in [0.15, 0.2) is 42.7 Å². The second-order valence-electron chi connectivity index (χ2n) is 5.22. The fraction of sp³-hybridized carbons (Fsp3) is 0.400. The standard InChI is InChI=1S/C15H21N3/c1-12(2)8-14(16)9-13-10-17-18(11-13)15-6-4-3-5-7-15/h3-7,10-12,14H,8-9,16H2,1-2H3. The quantitative estimate of drug-likeness (QED) is 0.877. The molecule has 1 heterocycles. The Labute approximate surface area is 109 Å². The largest absolute Gasteiger partial charge is 0.327 e. The van der Waals surface area contributed by atoms with Gasteiger partial charge in [-0.1, -0.05) is 32.0 Å². The SMILES string of the molecule is CC(C)CC(N)Cc1cnn(-c2ccccc2)c1. The molecule has 0 bridgehead atoms. The van der Waals surface area contributed by atoms with E-state index in [9.17, 15) is 0 Å². The summed E-state index contributed by atoms with van der Waals surface area (Å²) in [6, 6.07) is 10.4. The van der Waals surface area contributed by atoms with Gasteiger partial charge in [-0.15, -0.1) is 0 Å². The summed E-state index contributed by atoms with van der Waals surface area (Å²) in [5, 5.41) is 4.38. The molecule has 0 spiro atoms. The van der Waals surface area contributed by atoms with E-state index in [1.807, 2.05) is 41.2 Å². The second kappa shape index (κ2) is 5.83. The smallest absolute Gasteiger partial charge is 0.0645 e. The molecule has 0 saturated carbocycles. The number of para-hydroxylation sites is 1.